The van der Waals surface area contributed by atoms with Crippen LogP contribution < -0.4 is 5.32 Å². The van der Waals surface area contributed by atoms with E-state index in [4.69, 9.17) is 0 Å². The van der Waals surface area contributed by atoms with Crippen LogP contribution in [0.3, 0.4) is 0 Å². The number of hydrogen-bond donors (Lipinski definition) is 1. The predicted molar refractivity (Wildman–Crippen MR) is 53.0 cm³/mol. The molecule has 0 aliphatic carbocycles. The second-order valence-corrected chi connectivity index (χ2v) is 4.47. The summed E-state index contributed by atoms with van der Waals surface area (Å²) in [4.78, 5) is 13.2. The van der Waals surface area contributed by atoms with E-state index in [2.05, 4.69) is 15.0 Å². The van der Waals surface area contributed by atoms with Crippen molar-refractivity contribution in [3.63, 3.8) is 0 Å². The van der Waals surface area contributed by atoms with E-state index in [-0.39, 0.29) is 5.97 Å². The molecule has 2 heterocycles. The Morgan fingerprint density at radius 3 is 2.64 bits per heavy atom. The molecule has 2 aliphatic heterocycles. The molecule has 0 aromatic rings. The van der Waals surface area contributed by atoms with E-state index in [1.165, 1.54) is 20.0 Å². The zero-order valence-corrected chi connectivity index (χ0v) is 8.71. The second kappa shape index (κ2) is 3.87. The standard InChI is InChI=1S/C10H18N2O2/c1-14-9(13)6-12-7-10(8-12)2-4-11-5-3-10/h11H,2-8H2,1H3. The number of nitrogens with one attached hydrogen (secondary N) is 1. The molecule has 1 N–H and O–H groups in total. The van der Waals surface area contributed by atoms with Gasteiger partial charge in [0.2, 0.25) is 0 Å². The number of carbonyl (C=O) groups excluding carboxylic acids is 1. The molecular formula is C10H18N2O2. The highest BCUT2D eigenvalue weighted by Crippen LogP contribution is 2.38. The van der Waals surface area contributed by atoms with Crippen molar-refractivity contribution in [3.05, 3.63) is 0 Å². The van der Waals surface area contributed by atoms with Crippen LogP contribution in [0, 0.1) is 5.41 Å². The highest BCUT2D eigenvalue weighted by Gasteiger charge is 2.43. The number of ether oxygens (including phenoxy) is 1. The van der Waals surface area contributed by atoms with Crippen molar-refractivity contribution < 1.29 is 9.53 Å². The summed E-state index contributed by atoms with van der Waals surface area (Å²) in [7, 11) is 1.45. The molecule has 0 radical (unpaired) electrons. The van der Waals surface area contributed by atoms with Crippen LogP contribution in [0.1, 0.15) is 12.8 Å². The van der Waals surface area contributed by atoms with E-state index in [0.717, 1.165) is 26.2 Å². The van der Waals surface area contributed by atoms with Crippen LogP contribution in [0.25, 0.3) is 0 Å². The maximum atomic E-state index is 11.0. The number of likely N-dealkylation sites (tertiary alicyclic amines) is 1. The summed E-state index contributed by atoms with van der Waals surface area (Å²) in [6, 6.07) is 0. The predicted octanol–water partition coefficient (Wildman–Crippen LogP) is -0.155. The fourth-order valence-corrected chi connectivity index (χ4v) is 2.53. The summed E-state index contributed by atoms with van der Waals surface area (Å²) in [6.45, 7) is 4.87. The first-order valence-corrected chi connectivity index (χ1v) is 5.24. The smallest absolute Gasteiger partial charge is 0.319 e. The Hall–Kier alpha value is -0.610. The maximum absolute atomic E-state index is 11.0. The zero-order chi connectivity index (χ0) is 10.0. The molecule has 14 heavy (non-hydrogen) atoms. The van der Waals surface area contributed by atoms with Gasteiger partial charge in [0.1, 0.15) is 0 Å². The monoisotopic (exact) mass is 198 g/mol. The lowest BCUT2D eigenvalue weighted by atomic mass is 9.72. The zero-order valence-electron chi connectivity index (χ0n) is 8.71. The largest absolute Gasteiger partial charge is 0.468 e. The highest BCUT2D eigenvalue weighted by molar-refractivity contribution is 5.71. The summed E-state index contributed by atoms with van der Waals surface area (Å²) in [5, 5.41) is 3.36. The molecule has 2 aliphatic rings. The van der Waals surface area contributed by atoms with E-state index in [9.17, 15) is 4.79 Å². The lowest BCUT2D eigenvalue weighted by Crippen LogP contribution is -2.60. The van der Waals surface area contributed by atoms with E-state index in [0.29, 0.717) is 12.0 Å². The third-order valence-electron chi connectivity index (χ3n) is 3.36. The minimum absolute atomic E-state index is 0.117. The molecule has 2 saturated heterocycles. The Kier molecular flexibility index (Phi) is 2.74. The fourth-order valence-electron chi connectivity index (χ4n) is 2.53. The molecule has 80 valence electrons. The summed E-state index contributed by atoms with van der Waals surface area (Å²) < 4.78 is 4.64. The fraction of sp³-hybridized carbons (Fsp3) is 0.900. The van der Waals surface area contributed by atoms with Crippen LogP contribution in [0.5, 0.6) is 0 Å². The van der Waals surface area contributed by atoms with Crippen molar-refractivity contribution in [2.24, 2.45) is 5.41 Å². The summed E-state index contributed by atoms with van der Waals surface area (Å²) >= 11 is 0. The Bertz CT molecular complexity index is 216. The summed E-state index contributed by atoms with van der Waals surface area (Å²) in [6.07, 6.45) is 2.51. The van der Waals surface area contributed by atoms with Gasteiger partial charge in [-0.15, -0.1) is 0 Å². The Morgan fingerprint density at radius 1 is 1.43 bits per heavy atom. The van der Waals surface area contributed by atoms with Gasteiger partial charge in [0.05, 0.1) is 13.7 Å². The minimum atomic E-state index is -0.117. The molecule has 0 atom stereocenters. The lowest BCUT2D eigenvalue weighted by Gasteiger charge is -2.52. The van der Waals surface area contributed by atoms with Crippen LogP contribution in [0.15, 0.2) is 0 Å². The van der Waals surface area contributed by atoms with Crippen molar-refractivity contribution in [2.75, 3.05) is 39.8 Å². The molecule has 2 rings (SSSR count). The third-order valence-corrected chi connectivity index (χ3v) is 3.36. The number of methoxy groups -OCH3 is 1. The van der Waals surface area contributed by atoms with E-state index in [1.54, 1.807) is 0 Å². The number of esters is 1. The van der Waals surface area contributed by atoms with Crippen molar-refractivity contribution >= 4 is 5.97 Å². The first kappa shape index (κ1) is 9.93. The molecule has 2 fully saturated rings. The van der Waals surface area contributed by atoms with Crippen molar-refractivity contribution in [2.45, 2.75) is 12.8 Å². The normalized spacial score (nSPS) is 25.8. The number of carbonyl (C=O) groups is 1. The quantitative estimate of drug-likeness (QED) is 0.626. The lowest BCUT2D eigenvalue weighted by molar-refractivity contribution is -0.146. The first-order valence-electron chi connectivity index (χ1n) is 5.24. The van der Waals surface area contributed by atoms with Gasteiger partial charge in [-0.05, 0) is 31.3 Å². The number of piperidine rings is 1. The summed E-state index contributed by atoms with van der Waals surface area (Å²) in [5.74, 6) is -0.117. The van der Waals surface area contributed by atoms with Crippen molar-refractivity contribution in [1.82, 2.24) is 10.2 Å². The molecule has 1 spiro atoms. The maximum Gasteiger partial charge on any atom is 0.319 e. The Labute approximate surface area is 84.6 Å². The minimum Gasteiger partial charge on any atom is -0.468 e. The Balaban J connectivity index is 1.75. The molecule has 0 amide bonds. The molecular weight excluding hydrogens is 180 g/mol. The average Bonchev–Trinajstić information content (AvgIpc) is 2.17. The highest BCUT2D eigenvalue weighted by atomic mass is 16.5. The van der Waals surface area contributed by atoms with Gasteiger partial charge in [-0.2, -0.15) is 0 Å². The van der Waals surface area contributed by atoms with Crippen LogP contribution in [-0.4, -0.2) is 50.7 Å². The number of nitrogens with zero attached hydrogens (tertiary/aromatic N) is 1. The second-order valence-electron chi connectivity index (χ2n) is 4.47. The van der Waals surface area contributed by atoms with Crippen LogP contribution >= 0.6 is 0 Å². The molecule has 4 heteroatoms. The summed E-state index contributed by atoms with van der Waals surface area (Å²) in [5.41, 5.74) is 0.513. The van der Waals surface area contributed by atoms with Crippen LogP contribution in [-0.2, 0) is 9.53 Å². The van der Waals surface area contributed by atoms with Gasteiger partial charge in [-0.3, -0.25) is 9.69 Å². The van der Waals surface area contributed by atoms with Crippen molar-refractivity contribution in [1.29, 1.82) is 0 Å². The van der Waals surface area contributed by atoms with Gasteiger partial charge in [0.15, 0.2) is 0 Å². The van der Waals surface area contributed by atoms with Crippen LogP contribution in [0.2, 0.25) is 0 Å². The third kappa shape index (κ3) is 1.91. The van der Waals surface area contributed by atoms with Gasteiger partial charge in [0.25, 0.3) is 0 Å². The number of hydrogen-bond acceptors (Lipinski definition) is 4. The van der Waals surface area contributed by atoms with Crippen molar-refractivity contribution in [3.8, 4) is 0 Å². The van der Waals surface area contributed by atoms with Crippen LogP contribution in [0.4, 0.5) is 0 Å². The molecule has 0 aromatic carbocycles. The van der Waals surface area contributed by atoms with Gasteiger partial charge < -0.3 is 10.1 Å². The Morgan fingerprint density at radius 2 is 2.07 bits per heavy atom. The van der Waals surface area contributed by atoms with E-state index in [1.807, 2.05) is 0 Å². The molecule has 0 saturated carbocycles. The molecule has 4 nitrogen and oxygen atoms in total. The first-order chi connectivity index (χ1) is 6.74. The van der Waals surface area contributed by atoms with E-state index < -0.39 is 0 Å². The van der Waals surface area contributed by atoms with Gasteiger partial charge >= 0.3 is 5.97 Å². The topological polar surface area (TPSA) is 41.6 Å². The molecule has 0 unspecified atom stereocenters. The average molecular weight is 198 g/mol. The molecule has 0 aromatic heterocycles. The SMILES string of the molecule is COC(=O)CN1CC2(CCNCC2)C1. The van der Waals surface area contributed by atoms with E-state index >= 15 is 0 Å². The van der Waals surface area contributed by atoms with Gasteiger partial charge in [-0.25, -0.2) is 0 Å². The number of rotatable bonds is 2. The molecule has 0 bridgehead atoms. The van der Waals surface area contributed by atoms with Gasteiger partial charge in [0, 0.05) is 13.1 Å². The van der Waals surface area contributed by atoms with Gasteiger partial charge in [-0.1, -0.05) is 0 Å².